The van der Waals surface area contributed by atoms with E-state index < -0.39 is 5.97 Å². The molecule has 0 aliphatic heterocycles. The van der Waals surface area contributed by atoms with E-state index in [1.165, 1.54) is 11.1 Å². The Labute approximate surface area is 239 Å². The maximum absolute atomic E-state index is 12.9. The number of carbonyl (C=O) groups excluding carboxylic acids is 1. The third-order valence-electron chi connectivity index (χ3n) is 8.01. The molecule has 0 radical (unpaired) electrons. The Bertz CT molecular complexity index is 1630. The summed E-state index contributed by atoms with van der Waals surface area (Å²) in [6.45, 7) is 0.489. The molecular weight excluding hydrogens is 510 g/mol. The number of rotatable bonds is 9. The summed E-state index contributed by atoms with van der Waals surface area (Å²) in [4.78, 5) is 24.4. The average Bonchev–Trinajstić information content (AvgIpc) is 3.67. The van der Waals surface area contributed by atoms with Gasteiger partial charge in [-0.1, -0.05) is 79.6 Å². The van der Waals surface area contributed by atoms with Crippen molar-refractivity contribution in [3.63, 3.8) is 0 Å². The molecule has 206 valence electrons. The van der Waals surface area contributed by atoms with Crippen LogP contribution < -0.4 is 10.6 Å². The van der Waals surface area contributed by atoms with Crippen molar-refractivity contribution >= 4 is 34.2 Å². The lowest BCUT2D eigenvalue weighted by molar-refractivity contribution is -0.119. The third-order valence-corrected chi connectivity index (χ3v) is 8.01. The van der Waals surface area contributed by atoms with Crippen molar-refractivity contribution in [2.75, 3.05) is 10.6 Å². The number of aromatic nitrogens is 1. The second-order valence-electron chi connectivity index (χ2n) is 10.7. The second-order valence-corrected chi connectivity index (χ2v) is 10.7. The fraction of sp³-hybridized carbons (Fsp3) is 0.200. The van der Waals surface area contributed by atoms with E-state index in [9.17, 15) is 14.7 Å². The predicted molar refractivity (Wildman–Crippen MR) is 163 cm³/mol. The van der Waals surface area contributed by atoms with Gasteiger partial charge in [0.1, 0.15) is 0 Å². The van der Waals surface area contributed by atoms with Crippen LogP contribution in [0, 0.1) is 5.92 Å². The van der Waals surface area contributed by atoms with Crippen LogP contribution in [-0.4, -0.2) is 21.6 Å². The number of carbonyl (C=O) groups is 2. The van der Waals surface area contributed by atoms with Gasteiger partial charge in [-0.25, -0.2) is 4.79 Å². The summed E-state index contributed by atoms with van der Waals surface area (Å²) in [5.74, 6) is -0.780. The van der Waals surface area contributed by atoms with Crippen LogP contribution in [-0.2, 0) is 11.3 Å². The lowest BCUT2D eigenvalue weighted by atomic mass is 9.98. The van der Waals surface area contributed by atoms with Crippen LogP contribution >= 0.6 is 0 Å². The number of fused-ring (bicyclic) bond motifs is 1. The normalized spacial score (nSPS) is 13.5. The van der Waals surface area contributed by atoms with Gasteiger partial charge in [0.25, 0.3) is 0 Å². The Morgan fingerprint density at radius 1 is 0.805 bits per heavy atom. The fourth-order valence-corrected chi connectivity index (χ4v) is 5.93. The van der Waals surface area contributed by atoms with Gasteiger partial charge in [0.05, 0.1) is 11.6 Å². The Balaban J connectivity index is 1.42. The number of amides is 1. The minimum absolute atomic E-state index is 0.0529. The van der Waals surface area contributed by atoms with E-state index in [-0.39, 0.29) is 23.4 Å². The van der Waals surface area contributed by atoms with Crippen LogP contribution in [0.5, 0.6) is 0 Å². The van der Waals surface area contributed by atoms with Gasteiger partial charge in [-0.15, -0.1) is 0 Å². The summed E-state index contributed by atoms with van der Waals surface area (Å²) in [5, 5.41) is 17.1. The molecule has 1 heterocycles. The summed E-state index contributed by atoms with van der Waals surface area (Å²) >= 11 is 0. The van der Waals surface area contributed by atoms with Crippen LogP contribution in [0.25, 0.3) is 10.9 Å². The zero-order valence-corrected chi connectivity index (χ0v) is 22.8. The quantitative estimate of drug-likeness (QED) is 0.178. The standard InChI is InChI=1S/C35H33N3O3/c39-34(26-14-7-8-15-26)37-30-18-19-32-31(21-30)28(22-36-29-17-9-16-27(20-29)35(40)41)23-38(32)33(24-10-3-1-4-11-24)25-12-5-2-6-13-25/h1-6,9-13,16-21,23,26,33,36H,7-8,14-15,22H2,(H,37,39)(H,40,41). The topological polar surface area (TPSA) is 83.4 Å². The largest absolute Gasteiger partial charge is 0.478 e. The Kier molecular flexibility index (Phi) is 7.54. The molecule has 6 nitrogen and oxygen atoms in total. The summed E-state index contributed by atoms with van der Waals surface area (Å²) in [6, 6.07) is 33.8. The lowest BCUT2D eigenvalue weighted by Gasteiger charge is -2.22. The van der Waals surface area contributed by atoms with Crippen molar-refractivity contribution in [1.29, 1.82) is 0 Å². The first-order valence-electron chi connectivity index (χ1n) is 14.2. The summed E-state index contributed by atoms with van der Waals surface area (Å²) < 4.78 is 2.30. The predicted octanol–water partition coefficient (Wildman–Crippen LogP) is 7.72. The molecule has 1 fully saturated rings. The molecule has 0 atom stereocenters. The number of anilines is 2. The molecule has 1 aliphatic carbocycles. The minimum Gasteiger partial charge on any atom is -0.478 e. The highest BCUT2D eigenvalue weighted by atomic mass is 16.4. The maximum Gasteiger partial charge on any atom is 0.335 e. The van der Waals surface area contributed by atoms with Crippen LogP contribution in [0.1, 0.15) is 58.8 Å². The van der Waals surface area contributed by atoms with Crippen LogP contribution in [0.3, 0.4) is 0 Å². The minimum atomic E-state index is -0.957. The number of carboxylic acid groups (broad SMARTS) is 1. The number of nitrogens with zero attached hydrogens (tertiary/aromatic N) is 1. The van der Waals surface area contributed by atoms with Gasteiger partial charge in [0.15, 0.2) is 0 Å². The van der Waals surface area contributed by atoms with Gasteiger partial charge >= 0.3 is 5.97 Å². The Morgan fingerprint density at radius 3 is 2.15 bits per heavy atom. The Hall–Kier alpha value is -4.84. The van der Waals surface area contributed by atoms with Crippen LogP contribution in [0.4, 0.5) is 11.4 Å². The molecule has 0 bridgehead atoms. The van der Waals surface area contributed by atoms with Gasteiger partial charge in [0, 0.05) is 40.9 Å². The van der Waals surface area contributed by atoms with E-state index in [1.54, 1.807) is 18.2 Å². The Morgan fingerprint density at radius 2 is 1.49 bits per heavy atom. The molecular formula is C35H33N3O3. The molecule has 6 heteroatoms. The highest BCUT2D eigenvalue weighted by Gasteiger charge is 2.24. The molecule has 1 aromatic heterocycles. The van der Waals surface area contributed by atoms with Gasteiger partial charge < -0.3 is 20.3 Å². The van der Waals surface area contributed by atoms with Crippen LogP contribution in [0.2, 0.25) is 0 Å². The molecule has 1 aliphatic rings. The van der Waals surface area contributed by atoms with Crippen molar-refractivity contribution in [3.05, 3.63) is 132 Å². The van der Waals surface area contributed by atoms with Crippen molar-refractivity contribution in [2.45, 2.75) is 38.3 Å². The number of nitrogens with one attached hydrogen (secondary N) is 2. The summed E-state index contributed by atoms with van der Waals surface area (Å²) in [5.41, 5.74) is 6.21. The number of carboxylic acids is 1. The molecule has 0 spiro atoms. The van der Waals surface area contributed by atoms with Crippen molar-refractivity contribution in [2.24, 2.45) is 5.92 Å². The van der Waals surface area contributed by atoms with E-state index in [1.807, 2.05) is 24.3 Å². The van der Waals surface area contributed by atoms with E-state index in [0.717, 1.165) is 53.5 Å². The van der Waals surface area contributed by atoms with E-state index in [4.69, 9.17) is 0 Å². The monoisotopic (exact) mass is 543 g/mol. The zero-order chi connectivity index (χ0) is 28.2. The molecule has 41 heavy (non-hydrogen) atoms. The summed E-state index contributed by atoms with van der Waals surface area (Å²) in [6.07, 6.45) is 6.29. The molecule has 1 amide bonds. The van der Waals surface area contributed by atoms with Gasteiger partial charge in [-0.05, 0) is 65.9 Å². The SMILES string of the molecule is O=C(O)c1cccc(NCc2cn(C(c3ccccc3)c3ccccc3)c3ccc(NC(=O)C4CCCC4)cc23)c1. The zero-order valence-electron chi connectivity index (χ0n) is 22.8. The fourth-order valence-electron chi connectivity index (χ4n) is 5.93. The lowest BCUT2D eigenvalue weighted by Crippen LogP contribution is -2.20. The maximum atomic E-state index is 12.9. The molecule has 0 saturated heterocycles. The molecule has 6 rings (SSSR count). The molecule has 5 aromatic rings. The van der Waals surface area contributed by atoms with Crippen molar-refractivity contribution < 1.29 is 14.7 Å². The summed E-state index contributed by atoms with van der Waals surface area (Å²) in [7, 11) is 0. The molecule has 0 unspecified atom stereocenters. The number of aromatic carboxylic acids is 1. The highest BCUT2D eigenvalue weighted by Crippen LogP contribution is 2.35. The van der Waals surface area contributed by atoms with E-state index in [2.05, 4.69) is 82.1 Å². The second kappa shape index (κ2) is 11.7. The highest BCUT2D eigenvalue weighted by molar-refractivity contribution is 5.96. The van der Waals surface area contributed by atoms with Crippen LogP contribution in [0.15, 0.2) is 109 Å². The van der Waals surface area contributed by atoms with E-state index in [0.29, 0.717) is 6.54 Å². The average molecular weight is 544 g/mol. The first-order valence-corrected chi connectivity index (χ1v) is 14.2. The van der Waals surface area contributed by atoms with Gasteiger partial charge in [0.2, 0.25) is 5.91 Å². The molecule has 4 aromatic carbocycles. The first-order chi connectivity index (χ1) is 20.1. The number of hydrogen-bond donors (Lipinski definition) is 3. The number of hydrogen-bond acceptors (Lipinski definition) is 3. The van der Waals surface area contributed by atoms with Gasteiger partial charge in [-0.2, -0.15) is 0 Å². The van der Waals surface area contributed by atoms with E-state index >= 15 is 0 Å². The van der Waals surface area contributed by atoms with Crippen molar-refractivity contribution in [3.8, 4) is 0 Å². The molecule has 3 N–H and O–H groups in total. The number of benzene rings is 4. The van der Waals surface area contributed by atoms with Crippen molar-refractivity contribution in [1.82, 2.24) is 4.57 Å². The third kappa shape index (κ3) is 5.73. The smallest absolute Gasteiger partial charge is 0.335 e. The molecule has 1 saturated carbocycles. The van der Waals surface area contributed by atoms with Gasteiger partial charge in [-0.3, -0.25) is 4.79 Å². The first kappa shape index (κ1) is 26.4.